The van der Waals surface area contributed by atoms with Crippen LogP contribution in [0.5, 0.6) is 0 Å². The van der Waals surface area contributed by atoms with Crippen LogP contribution in [0.25, 0.3) is 0 Å². The Hall–Kier alpha value is -1.71. The lowest BCUT2D eigenvalue weighted by atomic mass is 10.1. The van der Waals surface area contributed by atoms with Gasteiger partial charge in [0.2, 0.25) is 0 Å². The molecule has 0 aromatic heterocycles. The molecule has 1 saturated heterocycles. The second-order valence-corrected chi connectivity index (χ2v) is 6.84. The molecule has 2 aromatic carbocycles. The van der Waals surface area contributed by atoms with Crippen LogP contribution in [-0.4, -0.2) is 43.7 Å². The van der Waals surface area contributed by atoms with E-state index in [1.54, 1.807) is 6.07 Å². The first-order valence-electron chi connectivity index (χ1n) is 9.88. The first-order chi connectivity index (χ1) is 13.7. The highest BCUT2D eigenvalue weighted by atomic mass is 127. The molecule has 2 aromatic rings. The molecule has 0 radical (unpaired) electrons. The van der Waals surface area contributed by atoms with Gasteiger partial charge in [-0.1, -0.05) is 36.4 Å². The molecule has 29 heavy (non-hydrogen) atoms. The Kier molecular flexibility index (Phi) is 10.4. The van der Waals surface area contributed by atoms with Crippen LogP contribution in [0.15, 0.2) is 53.5 Å². The van der Waals surface area contributed by atoms with Crippen molar-refractivity contribution in [2.24, 2.45) is 4.99 Å². The summed E-state index contributed by atoms with van der Waals surface area (Å²) in [6.07, 6.45) is 0. The van der Waals surface area contributed by atoms with E-state index in [0.29, 0.717) is 13.1 Å². The lowest BCUT2D eigenvalue weighted by molar-refractivity contribution is 0.0341. The topological polar surface area (TPSA) is 48.9 Å². The van der Waals surface area contributed by atoms with Crippen molar-refractivity contribution in [1.82, 2.24) is 15.5 Å². The molecule has 0 unspecified atom stereocenters. The van der Waals surface area contributed by atoms with Crippen LogP contribution in [0.2, 0.25) is 0 Å². The molecule has 2 N–H and O–H groups in total. The van der Waals surface area contributed by atoms with E-state index in [1.807, 2.05) is 13.0 Å². The first kappa shape index (κ1) is 23.6. The lowest BCUT2D eigenvalue weighted by Gasteiger charge is -2.27. The highest BCUT2D eigenvalue weighted by Gasteiger charge is 2.12. The second kappa shape index (κ2) is 12.8. The first-order valence-corrected chi connectivity index (χ1v) is 9.88. The summed E-state index contributed by atoms with van der Waals surface area (Å²) < 4.78 is 18.8. The van der Waals surface area contributed by atoms with E-state index in [2.05, 4.69) is 44.8 Å². The number of hydrogen-bond donors (Lipinski definition) is 2. The molecular formula is C22H30FIN4O. The molecule has 1 aliphatic heterocycles. The van der Waals surface area contributed by atoms with Crippen molar-refractivity contribution in [2.45, 2.75) is 26.6 Å². The van der Waals surface area contributed by atoms with Crippen molar-refractivity contribution in [3.8, 4) is 0 Å². The summed E-state index contributed by atoms with van der Waals surface area (Å²) in [7, 11) is 0. The number of nitrogens with zero attached hydrogens (tertiary/aromatic N) is 2. The molecule has 0 bridgehead atoms. The van der Waals surface area contributed by atoms with Gasteiger partial charge < -0.3 is 15.4 Å². The molecule has 1 aliphatic rings. The Morgan fingerprint density at radius 3 is 2.55 bits per heavy atom. The van der Waals surface area contributed by atoms with Gasteiger partial charge in [-0.15, -0.1) is 24.0 Å². The van der Waals surface area contributed by atoms with Crippen LogP contribution in [0.3, 0.4) is 0 Å². The van der Waals surface area contributed by atoms with Gasteiger partial charge in [0.15, 0.2) is 5.96 Å². The molecule has 0 aliphatic carbocycles. The molecule has 5 nitrogen and oxygen atoms in total. The molecule has 3 rings (SSSR count). The van der Waals surface area contributed by atoms with Crippen LogP contribution in [0.1, 0.15) is 23.6 Å². The maximum Gasteiger partial charge on any atom is 0.191 e. The third-order valence-corrected chi connectivity index (χ3v) is 4.72. The van der Waals surface area contributed by atoms with Crippen LogP contribution in [0, 0.1) is 5.82 Å². The van der Waals surface area contributed by atoms with Gasteiger partial charge in [0.25, 0.3) is 0 Å². The lowest BCUT2D eigenvalue weighted by Crippen LogP contribution is -2.38. The number of guanidine groups is 1. The zero-order valence-electron chi connectivity index (χ0n) is 16.9. The average Bonchev–Trinajstić information content (AvgIpc) is 2.72. The molecule has 7 heteroatoms. The minimum atomic E-state index is -0.234. The van der Waals surface area contributed by atoms with Crippen LogP contribution < -0.4 is 10.6 Å². The zero-order chi connectivity index (χ0) is 19.6. The summed E-state index contributed by atoms with van der Waals surface area (Å²) in [4.78, 5) is 7.01. The number of rotatable bonds is 7. The Morgan fingerprint density at radius 2 is 1.83 bits per heavy atom. The molecule has 0 spiro atoms. The Morgan fingerprint density at radius 1 is 1.07 bits per heavy atom. The van der Waals surface area contributed by atoms with Gasteiger partial charge in [0.05, 0.1) is 19.8 Å². The van der Waals surface area contributed by atoms with Crippen molar-refractivity contribution >= 4 is 29.9 Å². The van der Waals surface area contributed by atoms with Gasteiger partial charge in [-0.05, 0) is 35.7 Å². The van der Waals surface area contributed by atoms with E-state index in [4.69, 9.17) is 4.74 Å². The minimum absolute atomic E-state index is 0. The van der Waals surface area contributed by atoms with E-state index in [-0.39, 0.29) is 29.8 Å². The van der Waals surface area contributed by atoms with Crippen LogP contribution in [0.4, 0.5) is 4.39 Å². The predicted molar refractivity (Wildman–Crippen MR) is 126 cm³/mol. The van der Waals surface area contributed by atoms with Crippen molar-refractivity contribution in [2.75, 3.05) is 32.8 Å². The number of hydrogen-bond acceptors (Lipinski definition) is 3. The van der Waals surface area contributed by atoms with Gasteiger partial charge in [-0.3, -0.25) is 4.90 Å². The molecule has 1 heterocycles. The fraction of sp³-hybridized carbons (Fsp3) is 0.409. The van der Waals surface area contributed by atoms with Gasteiger partial charge >= 0.3 is 0 Å². The maximum atomic E-state index is 13.4. The Labute approximate surface area is 189 Å². The van der Waals surface area contributed by atoms with Crippen molar-refractivity contribution in [3.05, 3.63) is 71.0 Å². The maximum absolute atomic E-state index is 13.4. The number of ether oxygens (including phenoxy) is 1. The number of nitrogens with one attached hydrogen (secondary N) is 2. The van der Waals surface area contributed by atoms with Crippen LogP contribution >= 0.6 is 24.0 Å². The summed E-state index contributed by atoms with van der Waals surface area (Å²) in [5, 5.41) is 6.66. The van der Waals surface area contributed by atoms with E-state index < -0.39 is 0 Å². The molecular weight excluding hydrogens is 482 g/mol. The monoisotopic (exact) mass is 512 g/mol. The van der Waals surface area contributed by atoms with E-state index in [0.717, 1.165) is 50.9 Å². The highest BCUT2D eigenvalue weighted by molar-refractivity contribution is 14.0. The summed E-state index contributed by atoms with van der Waals surface area (Å²) >= 11 is 0. The van der Waals surface area contributed by atoms with Gasteiger partial charge in [0.1, 0.15) is 5.82 Å². The van der Waals surface area contributed by atoms with Crippen molar-refractivity contribution < 1.29 is 9.13 Å². The summed E-state index contributed by atoms with van der Waals surface area (Å²) in [6.45, 7) is 8.40. The number of aliphatic imine (C=N–C) groups is 1. The number of halogens is 2. The third kappa shape index (κ3) is 7.91. The Bertz CT molecular complexity index is 781. The number of benzene rings is 2. The fourth-order valence-electron chi connectivity index (χ4n) is 3.21. The van der Waals surface area contributed by atoms with Gasteiger partial charge in [-0.2, -0.15) is 0 Å². The quantitative estimate of drug-likeness (QED) is 0.339. The third-order valence-electron chi connectivity index (χ3n) is 4.72. The van der Waals surface area contributed by atoms with E-state index >= 15 is 0 Å². The van der Waals surface area contributed by atoms with Gasteiger partial charge in [-0.25, -0.2) is 9.38 Å². The Balaban J connectivity index is 0.00000300. The zero-order valence-corrected chi connectivity index (χ0v) is 19.2. The normalized spacial score (nSPS) is 14.9. The average molecular weight is 512 g/mol. The van der Waals surface area contributed by atoms with Gasteiger partial charge in [0, 0.05) is 32.7 Å². The summed E-state index contributed by atoms with van der Waals surface area (Å²) in [5.74, 6) is 0.496. The van der Waals surface area contributed by atoms with E-state index in [1.165, 1.54) is 23.3 Å². The SMILES string of the molecule is CCNC(=NCc1cccc(F)c1)NCc1ccccc1CN1CCOCC1.I. The van der Waals surface area contributed by atoms with Crippen molar-refractivity contribution in [1.29, 1.82) is 0 Å². The standard InChI is InChI=1S/C22H29FN4O.HI/c1-2-24-22(25-15-18-6-5-9-21(23)14-18)26-16-19-7-3-4-8-20(19)17-27-10-12-28-13-11-27;/h3-9,14H,2,10-13,15-17H2,1H3,(H2,24,25,26);1H. The van der Waals surface area contributed by atoms with E-state index in [9.17, 15) is 4.39 Å². The highest BCUT2D eigenvalue weighted by Crippen LogP contribution is 2.13. The summed E-state index contributed by atoms with van der Waals surface area (Å²) in [5.41, 5.74) is 3.42. The predicted octanol–water partition coefficient (Wildman–Crippen LogP) is 3.53. The largest absolute Gasteiger partial charge is 0.379 e. The molecule has 0 atom stereocenters. The van der Waals surface area contributed by atoms with Crippen LogP contribution in [-0.2, 0) is 24.4 Å². The fourth-order valence-corrected chi connectivity index (χ4v) is 3.21. The minimum Gasteiger partial charge on any atom is -0.379 e. The smallest absolute Gasteiger partial charge is 0.191 e. The molecule has 1 fully saturated rings. The second-order valence-electron chi connectivity index (χ2n) is 6.84. The molecule has 158 valence electrons. The molecule has 0 amide bonds. The summed E-state index contributed by atoms with van der Waals surface area (Å²) in [6, 6.07) is 15.0. The molecule has 0 saturated carbocycles. The van der Waals surface area contributed by atoms with Crippen molar-refractivity contribution in [3.63, 3.8) is 0 Å². The number of morpholine rings is 1.